The van der Waals surface area contributed by atoms with Crippen molar-refractivity contribution in [3.05, 3.63) is 59.5 Å². The predicted octanol–water partition coefficient (Wildman–Crippen LogP) is 2.77. The number of halogens is 1. The number of rotatable bonds is 6. The minimum Gasteiger partial charge on any atom is -0.375 e. The van der Waals surface area contributed by atoms with Crippen LogP contribution in [-0.4, -0.2) is 61.1 Å². The van der Waals surface area contributed by atoms with Gasteiger partial charge in [-0.2, -0.15) is 5.10 Å². The molecule has 33 heavy (non-hydrogen) atoms. The van der Waals surface area contributed by atoms with Gasteiger partial charge in [0.15, 0.2) is 5.82 Å². The van der Waals surface area contributed by atoms with Crippen molar-refractivity contribution in [2.75, 3.05) is 40.9 Å². The molecule has 4 rings (SSSR count). The van der Waals surface area contributed by atoms with Crippen LogP contribution in [-0.2, 0) is 14.8 Å². The summed E-state index contributed by atoms with van der Waals surface area (Å²) in [6.07, 6.45) is 5.96. The number of amides is 1. The number of nitrogens with one attached hydrogen (secondary N) is 2. The first-order valence-electron chi connectivity index (χ1n) is 10.1. The van der Waals surface area contributed by atoms with Crippen molar-refractivity contribution < 1.29 is 17.9 Å². The molecule has 0 spiro atoms. The number of sulfonamides is 1. The van der Waals surface area contributed by atoms with Crippen LogP contribution in [0, 0.1) is 0 Å². The number of hydrogen-bond donors (Lipinski definition) is 2. The normalized spacial score (nSPS) is 16.5. The number of ether oxygens (including phenoxy) is 1. The standard InChI is InChI=1S/C21H23ClN6O4S/c1-14-12-27(5-6-32-14)19-3-4-20(23-11-19)28-13-15(10-24-28)21(29)25-17-7-16(22)8-18(9-17)26-33(2,30)31/h3-4,7-11,13-14,26H,5-6,12H2,1-2H3,(H,25,29). The summed E-state index contributed by atoms with van der Waals surface area (Å²) in [6.45, 7) is 4.33. The molecule has 0 radical (unpaired) electrons. The largest absolute Gasteiger partial charge is 0.375 e. The van der Waals surface area contributed by atoms with Crippen molar-refractivity contribution in [1.82, 2.24) is 14.8 Å². The van der Waals surface area contributed by atoms with Gasteiger partial charge in [0.1, 0.15) is 0 Å². The van der Waals surface area contributed by atoms with Gasteiger partial charge in [-0.3, -0.25) is 9.52 Å². The maximum absolute atomic E-state index is 12.7. The Morgan fingerprint density at radius 1 is 1.21 bits per heavy atom. The van der Waals surface area contributed by atoms with Crippen LogP contribution in [0.3, 0.4) is 0 Å². The second kappa shape index (κ2) is 9.38. The van der Waals surface area contributed by atoms with Gasteiger partial charge in [0, 0.05) is 30.0 Å². The lowest BCUT2D eigenvalue weighted by atomic mass is 10.2. The number of aromatic nitrogens is 3. The van der Waals surface area contributed by atoms with Crippen LogP contribution in [0.1, 0.15) is 17.3 Å². The first-order chi connectivity index (χ1) is 15.7. The molecule has 1 fully saturated rings. The summed E-state index contributed by atoms with van der Waals surface area (Å²) in [5.74, 6) is 0.147. The molecule has 1 amide bonds. The van der Waals surface area contributed by atoms with Crippen molar-refractivity contribution in [3.8, 4) is 5.82 Å². The summed E-state index contributed by atoms with van der Waals surface area (Å²) in [5.41, 5.74) is 1.89. The number of benzene rings is 1. The monoisotopic (exact) mass is 490 g/mol. The molecule has 3 aromatic rings. The van der Waals surface area contributed by atoms with E-state index in [1.54, 1.807) is 12.4 Å². The fourth-order valence-electron chi connectivity index (χ4n) is 3.46. The fourth-order valence-corrected chi connectivity index (χ4v) is 4.24. The topological polar surface area (TPSA) is 118 Å². The van der Waals surface area contributed by atoms with E-state index in [-0.39, 0.29) is 16.8 Å². The number of anilines is 3. The maximum Gasteiger partial charge on any atom is 0.258 e. The van der Waals surface area contributed by atoms with Gasteiger partial charge in [0.25, 0.3) is 5.91 Å². The van der Waals surface area contributed by atoms with Gasteiger partial charge in [0.2, 0.25) is 10.0 Å². The molecule has 0 bridgehead atoms. The smallest absolute Gasteiger partial charge is 0.258 e. The third kappa shape index (κ3) is 6.01. The molecule has 1 atom stereocenters. The van der Waals surface area contributed by atoms with E-state index in [9.17, 15) is 13.2 Å². The molecule has 12 heteroatoms. The quantitative estimate of drug-likeness (QED) is 0.545. The fraction of sp³-hybridized carbons (Fsp3) is 0.286. The van der Waals surface area contributed by atoms with Crippen molar-refractivity contribution in [3.63, 3.8) is 0 Å². The van der Waals surface area contributed by atoms with E-state index in [0.29, 0.717) is 23.7 Å². The van der Waals surface area contributed by atoms with Crippen LogP contribution >= 0.6 is 11.6 Å². The number of nitrogens with zero attached hydrogens (tertiary/aromatic N) is 4. The molecule has 2 N–H and O–H groups in total. The Morgan fingerprint density at radius 3 is 2.70 bits per heavy atom. The molecule has 10 nitrogen and oxygen atoms in total. The van der Waals surface area contributed by atoms with Gasteiger partial charge in [-0.1, -0.05) is 11.6 Å². The summed E-state index contributed by atoms with van der Waals surface area (Å²) in [4.78, 5) is 19.4. The summed E-state index contributed by atoms with van der Waals surface area (Å²) in [5, 5.41) is 7.20. The van der Waals surface area contributed by atoms with E-state index >= 15 is 0 Å². The Balaban J connectivity index is 1.45. The molecule has 1 aliphatic heterocycles. The van der Waals surface area contributed by atoms with Gasteiger partial charge in [-0.25, -0.2) is 18.1 Å². The van der Waals surface area contributed by atoms with Gasteiger partial charge in [-0.15, -0.1) is 0 Å². The zero-order valence-corrected chi connectivity index (χ0v) is 19.6. The third-order valence-corrected chi connectivity index (χ3v) is 5.70. The highest BCUT2D eigenvalue weighted by atomic mass is 35.5. The summed E-state index contributed by atoms with van der Waals surface area (Å²) < 4.78 is 32.3. The van der Waals surface area contributed by atoms with Gasteiger partial charge >= 0.3 is 0 Å². The van der Waals surface area contributed by atoms with Gasteiger partial charge in [0.05, 0.1) is 48.3 Å². The maximum atomic E-state index is 12.7. The first-order valence-corrected chi connectivity index (χ1v) is 12.4. The van der Waals surface area contributed by atoms with E-state index in [1.165, 1.54) is 29.1 Å². The molecular formula is C21H23ClN6O4S. The average molecular weight is 491 g/mol. The number of hydrogen-bond acceptors (Lipinski definition) is 7. The highest BCUT2D eigenvalue weighted by molar-refractivity contribution is 7.92. The molecule has 3 heterocycles. The Morgan fingerprint density at radius 2 is 2.00 bits per heavy atom. The second-order valence-corrected chi connectivity index (χ2v) is 9.92. The van der Waals surface area contributed by atoms with E-state index in [4.69, 9.17) is 16.3 Å². The molecule has 1 unspecified atom stereocenters. The minimum atomic E-state index is -3.48. The van der Waals surface area contributed by atoms with Crippen molar-refractivity contribution in [2.45, 2.75) is 13.0 Å². The lowest BCUT2D eigenvalue weighted by Gasteiger charge is -2.32. The van der Waals surface area contributed by atoms with Gasteiger partial charge in [-0.05, 0) is 37.3 Å². The molecule has 1 aliphatic rings. The summed E-state index contributed by atoms with van der Waals surface area (Å²) in [6, 6.07) is 8.24. The third-order valence-electron chi connectivity index (χ3n) is 4.88. The zero-order valence-electron chi connectivity index (χ0n) is 18.0. The molecular weight excluding hydrogens is 468 g/mol. The van der Waals surface area contributed by atoms with Crippen molar-refractivity contribution in [1.29, 1.82) is 0 Å². The lowest BCUT2D eigenvalue weighted by molar-refractivity contribution is 0.0532. The number of carbonyl (C=O) groups excluding carboxylic acids is 1. The second-order valence-electron chi connectivity index (χ2n) is 7.73. The van der Waals surface area contributed by atoms with Crippen LogP contribution in [0.15, 0.2) is 48.9 Å². The first kappa shape index (κ1) is 23.0. The highest BCUT2D eigenvalue weighted by Crippen LogP contribution is 2.24. The number of morpholine rings is 1. The summed E-state index contributed by atoms with van der Waals surface area (Å²) >= 11 is 6.05. The zero-order chi connectivity index (χ0) is 23.6. The van der Waals surface area contributed by atoms with E-state index in [1.807, 2.05) is 19.1 Å². The Labute approximate surface area is 196 Å². The van der Waals surface area contributed by atoms with Crippen LogP contribution in [0.5, 0.6) is 0 Å². The molecule has 2 aromatic heterocycles. The van der Waals surface area contributed by atoms with E-state index in [0.717, 1.165) is 25.0 Å². The molecule has 1 aromatic carbocycles. The van der Waals surface area contributed by atoms with Crippen LogP contribution in [0.2, 0.25) is 5.02 Å². The number of pyridine rings is 1. The number of carbonyl (C=O) groups is 1. The van der Waals surface area contributed by atoms with Crippen LogP contribution in [0.25, 0.3) is 5.82 Å². The summed E-state index contributed by atoms with van der Waals surface area (Å²) in [7, 11) is -3.48. The molecule has 174 valence electrons. The SMILES string of the molecule is CC1CN(c2ccc(-n3cc(C(=O)Nc4cc(Cl)cc(NS(C)(=O)=O)c4)cn3)nc2)CCO1. The molecule has 0 saturated carbocycles. The lowest BCUT2D eigenvalue weighted by Crippen LogP contribution is -2.41. The predicted molar refractivity (Wildman–Crippen MR) is 127 cm³/mol. The van der Waals surface area contributed by atoms with Crippen molar-refractivity contribution in [2.24, 2.45) is 0 Å². The minimum absolute atomic E-state index is 0.170. The van der Waals surface area contributed by atoms with Crippen molar-refractivity contribution >= 4 is 44.6 Å². The van der Waals surface area contributed by atoms with E-state index < -0.39 is 15.9 Å². The Bertz CT molecular complexity index is 1260. The molecule has 1 saturated heterocycles. The van der Waals surface area contributed by atoms with Gasteiger partial charge < -0.3 is 15.0 Å². The Hall–Kier alpha value is -3.15. The van der Waals surface area contributed by atoms with Crippen LogP contribution in [0.4, 0.5) is 17.1 Å². The van der Waals surface area contributed by atoms with E-state index in [2.05, 4.69) is 25.0 Å². The Kier molecular flexibility index (Phi) is 6.54. The highest BCUT2D eigenvalue weighted by Gasteiger charge is 2.18. The molecule has 0 aliphatic carbocycles. The van der Waals surface area contributed by atoms with Crippen LogP contribution < -0.4 is 14.9 Å². The average Bonchev–Trinajstić information content (AvgIpc) is 3.23.